The number of halogens is 1. The molecule has 0 heterocycles. The van der Waals surface area contributed by atoms with Crippen LogP contribution in [-0.2, 0) is 0 Å². The Morgan fingerprint density at radius 1 is 1.23 bits per heavy atom. The van der Waals surface area contributed by atoms with Crippen molar-refractivity contribution >= 4 is 35.2 Å². The molecule has 0 aromatic heterocycles. The molecule has 1 unspecified atom stereocenters. The lowest BCUT2D eigenvalue weighted by Crippen LogP contribution is -2.13. The number of hydrogen-bond donors (Lipinski definition) is 2. The van der Waals surface area contributed by atoms with Crippen molar-refractivity contribution in [1.29, 1.82) is 5.26 Å². The van der Waals surface area contributed by atoms with Crippen LogP contribution in [0.1, 0.15) is 72.3 Å². The van der Waals surface area contributed by atoms with E-state index < -0.39 is 5.97 Å². The summed E-state index contributed by atoms with van der Waals surface area (Å²) in [7, 11) is 0. The maximum atomic E-state index is 11.4. The maximum Gasteiger partial charge on any atom is 0.335 e. The van der Waals surface area contributed by atoms with E-state index >= 15 is 0 Å². The van der Waals surface area contributed by atoms with Crippen molar-refractivity contribution in [3.8, 4) is 11.8 Å². The molecule has 2 aromatic carbocycles. The molecule has 0 amide bonds. The van der Waals surface area contributed by atoms with Gasteiger partial charge in [-0.25, -0.2) is 4.79 Å². The minimum absolute atomic E-state index is 0.161. The number of carbonyl (C=O) groups is 1. The van der Waals surface area contributed by atoms with Crippen LogP contribution in [0.2, 0.25) is 5.02 Å². The highest BCUT2D eigenvalue weighted by molar-refractivity contribution is 8.00. The lowest BCUT2D eigenvalue weighted by atomic mass is 10.1. The second-order valence-electron chi connectivity index (χ2n) is 8.96. The zero-order chi connectivity index (χ0) is 21.6. The Kier molecular flexibility index (Phi) is 5.27. The number of nitrogens with zero attached hydrogens (tertiary/aromatic N) is 1. The molecule has 7 heteroatoms. The fraction of sp³-hybridized carbons (Fsp3) is 0.417. The number of carboxylic acid groups (broad SMARTS) is 1. The number of hydrogen-bond acceptors (Lipinski definition) is 5. The van der Waals surface area contributed by atoms with Gasteiger partial charge in [0.1, 0.15) is 11.8 Å². The summed E-state index contributed by atoms with van der Waals surface area (Å²) >= 11 is 7.66. The maximum absolute atomic E-state index is 11.4. The van der Waals surface area contributed by atoms with E-state index in [9.17, 15) is 15.2 Å². The number of aromatic carboxylic acids is 1. The summed E-state index contributed by atoms with van der Waals surface area (Å²) in [5.74, 6) is 0.180. The van der Waals surface area contributed by atoms with Gasteiger partial charge in [-0.2, -0.15) is 5.26 Å². The standard InChI is InChI=1S/C24H23ClN2O3S/c25-19-11-21(30-17-5-6-24(12-17)7-8-24)20(9-16(19)13-26)27-31-22-10-15(23(28)29)3-4-18(22)14-1-2-14/h3-4,9-11,14,17,27H,1-2,5-8,12H2,(H,28,29). The topological polar surface area (TPSA) is 82.4 Å². The second kappa shape index (κ2) is 7.96. The zero-order valence-electron chi connectivity index (χ0n) is 17.0. The summed E-state index contributed by atoms with van der Waals surface area (Å²) in [6.45, 7) is 0. The van der Waals surface area contributed by atoms with E-state index in [1.165, 1.54) is 31.2 Å². The van der Waals surface area contributed by atoms with Gasteiger partial charge in [-0.1, -0.05) is 17.7 Å². The van der Waals surface area contributed by atoms with Gasteiger partial charge in [-0.05, 0) is 92.0 Å². The van der Waals surface area contributed by atoms with Gasteiger partial charge in [0.25, 0.3) is 0 Å². The van der Waals surface area contributed by atoms with Gasteiger partial charge < -0.3 is 14.6 Å². The first-order chi connectivity index (χ1) is 15.0. The Labute approximate surface area is 190 Å². The predicted octanol–water partition coefficient (Wildman–Crippen LogP) is 6.62. The monoisotopic (exact) mass is 454 g/mol. The molecule has 0 radical (unpaired) electrons. The smallest absolute Gasteiger partial charge is 0.335 e. The van der Waals surface area contributed by atoms with Gasteiger partial charge in [-0.3, -0.25) is 0 Å². The van der Waals surface area contributed by atoms with E-state index in [4.69, 9.17) is 16.3 Å². The summed E-state index contributed by atoms with van der Waals surface area (Å²) in [5.41, 5.74) is 2.99. The second-order valence-corrected chi connectivity index (χ2v) is 10.2. The van der Waals surface area contributed by atoms with Crippen molar-refractivity contribution in [2.24, 2.45) is 5.41 Å². The Morgan fingerprint density at radius 2 is 2.03 bits per heavy atom. The average molecular weight is 455 g/mol. The number of carboxylic acids is 1. The first-order valence-electron chi connectivity index (χ1n) is 10.7. The third-order valence-corrected chi connectivity index (χ3v) is 7.85. The van der Waals surface area contributed by atoms with Crippen molar-refractivity contribution in [2.45, 2.75) is 61.9 Å². The van der Waals surface area contributed by atoms with Gasteiger partial charge >= 0.3 is 5.97 Å². The van der Waals surface area contributed by atoms with Crippen molar-refractivity contribution in [2.75, 3.05) is 4.72 Å². The summed E-state index contributed by atoms with van der Waals surface area (Å²) in [4.78, 5) is 12.3. The van der Waals surface area contributed by atoms with Gasteiger partial charge in [0.05, 0.1) is 27.9 Å². The number of ether oxygens (including phenoxy) is 1. The van der Waals surface area contributed by atoms with Crippen LogP contribution in [0.4, 0.5) is 5.69 Å². The van der Waals surface area contributed by atoms with Crippen molar-refractivity contribution in [3.05, 3.63) is 52.0 Å². The molecule has 0 saturated heterocycles. The minimum atomic E-state index is -0.943. The Hall–Kier alpha value is -2.36. The molecular formula is C24H23ClN2O3S. The van der Waals surface area contributed by atoms with Crippen molar-refractivity contribution in [3.63, 3.8) is 0 Å². The molecule has 2 N–H and O–H groups in total. The fourth-order valence-corrected chi connectivity index (χ4v) is 5.59. The number of nitriles is 1. The van der Waals surface area contributed by atoms with Crippen molar-refractivity contribution in [1.82, 2.24) is 0 Å². The van der Waals surface area contributed by atoms with Crippen LogP contribution in [0.15, 0.2) is 35.2 Å². The molecule has 5 rings (SSSR count). The molecule has 3 aliphatic rings. The summed E-state index contributed by atoms with van der Waals surface area (Å²) < 4.78 is 9.66. The highest BCUT2D eigenvalue weighted by Crippen LogP contribution is 2.58. The van der Waals surface area contributed by atoms with Crippen LogP contribution in [-0.4, -0.2) is 17.2 Å². The van der Waals surface area contributed by atoms with E-state index in [2.05, 4.69) is 10.8 Å². The van der Waals surface area contributed by atoms with Crippen LogP contribution >= 0.6 is 23.5 Å². The lowest BCUT2D eigenvalue weighted by Gasteiger charge is -2.19. The van der Waals surface area contributed by atoms with Gasteiger partial charge in [0.2, 0.25) is 0 Å². The first-order valence-corrected chi connectivity index (χ1v) is 11.9. The lowest BCUT2D eigenvalue weighted by molar-refractivity contribution is 0.0696. The SMILES string of the molecule is N#Cc1cc(NSc2cc(C(=O)O)ccc2C2CC2)c(OC2CCC3(CC3)C2)cc1Cl. The minimum Gasteiger partial charge on any atom is -0.488 e. The largest absolute Gasteiger partial charge is 0.488 e. The van der Waals surface area contributed by atoms with E-state index in [1.54, 1.807) is 24.3 Å². The van der Waals surface area contributed by atoms with Crippen LogP contribution in [0.5, 0.6) is 5.75 Å². The highest BCUT2D eigenvalue weighted by atomic mass is 35.5. The molecule has 160 valence electrons. The molecule has 0 bridgehead atoms. The third kappa shape index (κ3) is 4.35. The van der Waals surface area contributed by atoms with Crippen LogP contribution < -0.4 is 9.46 Å². The number of anilines is 1. The summed E-state index contributed by atoms with van der Waals surface area (Å²) in [6, 6.07) is 10.9. The van der Waals surface area contributed by atoms with Crippen LogP contribution in [0.3, 0.4) is 0 Å². The quantitative estimate of drug-likeness (QED) is 0.457. The van der Waals surface area contributed by atoms with Crippen LogP contribution in [0, 0.1) is 16.7 Å². The third-order valence-electron chi connectivity index (χ3n) is 6.65. The normalized spacial score (nSPS) is 21.0. The average Bonchev–Trinajstić information content (AvgIpc) is 3.67. The van der Waals surface area contributed by atoms with Gasteiger partial charge in [-0.15, -0.1) is 0 Å². The highest BCUT2D eigenvalue weighted by Gasteiger charge is 2.49. The molecule has 2 aromatic rings. The molecule has 3 fully saturated rings. The van der Waals surface area contributed by atoms with E-state index in [0.29, 0.717) is 33.4 Å². The Balaban J connectivity index is 1.40. The summed E-state index contributed by atoms with van der Waals surface area (Å²) in [5, 5.41) is 19.2. The molecule has 1 spiro atoms. The van der Waals surface area contributed by atoms with Gasteiger partial charge in [0.15, 0.2) is 0 Å². The summed E-state index contributed by atoms with van der Waals surface area (Å²) in [6.07, 6.45) is 8.33. The number of benzene rings is 2. The number of rotatable bonds is 7. The first kappa shape index (κ1) is 20.5. The fourth-order valence-electron chi connectivity index (χ4n) is 4.48. The molecular weight excluding hydrogens is 432 g/mol. The Morgan fingerprint density at radius 3 is 2.68 bits per heavy atom. The van der Waals surface area contributed by atoms with Crippen LogP contribution in [0.25, 0.3) is 0 Å². The molecule has 1 atom stereocenters. The zero-order valence-corrected chi connectivity index (χ0v) is 18.6. The van der Waals surface area contributed by atoms with E-state index in [1.807, 2.05) is 6.07 Å². The van der Waals surface area contributed by atoms with Gasteiger partial charge in [0, 0.05) is 11.0 Å². The predicted molar refractivity (Wildman–Crippen MR) is 121 cm³/mol. The molecule has 31 heavy (non-hydrogen) atoms. The van der Waals surface area contributed by atoms with Crippen molar-refractivity contribution < 1.29 is 14.6 Å². The number of nitrogens with one attached hydrogen (secondary N) is 1. The Bertz CT molecular complexity index is 1090. The molecule has 0 aliphatic heterocycles. The molecule has 5 nitrogen and oxygen atoms in total. The molecule has 3 aliphatic carbocycles. The molecule has 3 saturated carbocycles. The van der Waals surface area contributed by atoms with E-state index in [-0.39, 0.29) is 11.7 Å². The van der Waals surface area contributed by atoms with E-state index in [0.717, 1.165) is 36.1 Å².